The van der Waals surface area contributed by atoms with Crippen LogP contribution in [0.25, 0.3) is 0 Å². The van der Waals surface area contributed by atoms with Gasteiger partial charge in [0.25, 0.3) is 0 Å². The molecule has 0 bridgehead atoms. The van der Waals surface area contributed by atoms with Crippen LogP contribution in [-0.2, 0) is 4.74 Å². The number of ketones is 1. The van der Waals surface area contributed by atoms with Crippen LogP contribution in [0.15, 0.2) is 18.2 Å². The first-order valence-corrected chi connectivity index (χ1v) is 6.44. The first-order chi connectivity index (χ1) is 8.15. The Bertz CT molecular complexity index is 383. The molecule has 0 saturated heterocycles. The first kappa shape index (κ1) is 14.1. The van der Waals surface area contributed by atoms with Crippen molar-refractivity contribution in [1.29, 1.82) is 0 Å². The fourth-order valence-corrected chi connectivity index (χ4v) is 1.94. The summed E-state index contributed by atoms with van der Waals surface area (Å²) >= 11 is 1.37. The first-order valence-electron chi connectivity index (χ1n) is 5.29. The van der Waals surface area contributed by atoms with Crippen molar-refractivity contribution in [1.82, 2.24) is 0 Å². The van der Waals surface area contributed by atoms with Gasteiger partial charge in [-0.15, -0.1) is 0 Å². The minimum atomic E-state index is -0.805. The number of hydrogen-bond acceptors (Lipinski definition) is 3. The largest absolute Gasteiger partial charge is 0.381 e. The second-order valence-electron chi connectivity index (χ2n) is 3.30. The van der Waals surface area contributed by atoms with Gasteiger partial charge in [0.15, 0.2) is 5.78 Å². The lowest BCUT2D eigenvalue weighted by Crippen LogP contribution is -2.07. The Kier molecular flexibility index (Phi) is 6.15. The van der Waals surface area contributed by atoms with Gasteiger partial charge in [-0.25, -0.2) is 8.78 Å². The van der Waals surface area contributed by atoms with Crippen molar-refractivity contribution in [3.63, 3.8) is 0 Å². The van der Waals surface area contributed by atoms with Gasteiger partial charge in [0.05, 0.1) is 17.9 Å². The molecule has 1 rings (SSSR count). The zero-order valence-electron chi connectivity index (χ0n) is 9.54. The van der Waals surface area contributed by atoms with Crippen LogP contribution in [0.5, 0.6) is 0 Å². The molecule has 0 heterocycles. The minimum absolute atomic E-state index is 0.0599. The SMILES string of the molecule is CCOCCSCC(=O)c1ccc(F)cc1F. The summed E-state index contributed by atoms with van der Waals surface area (Å²) in [7, 11) is 0. The molecule has 1 aromatic rings. The Hall–Kier alpha value is -0.940. The van der Waals surface area contributed by atoms with Crippen molar-refractivity contribution in [2.75, 3.05) is 24.7 Å². The van der Waals surface area contributed by atoms with E-state index in [9.17, 15) is 13.6 Å². The van der Waals surface area contributed by atoms with E-state index in [1.165, 1.54) is 17.8 Å². The van der Waals surface area contributed by atoms with E-state index in [1.807, 2.05) is 6.92 Å². The predicted molar refractivity (Wildman–Crippen MR) is 64.5 cm³/mol. The normalized spacial score (nSPS) is 10.5. The molecule has 94 valence electrons. The molecule has 5 heteroatoms. The highest BCUT2D eigenvalue weighted by Gasteiger charge is 2.12. The van der Waals surface area contributed by atoms with E-state index in [4.69, 9.17) is 4.74 Å². The summed E-state index contributed by atoms with van der Waals surface area (Å²) in [4.78, 5) is 11.6. The second-order valence-corrected chi connectivity index (χ2v) is 4.40. The van der Waals surface area contributed by atoms with Crippen molar-refractivity contribution in [3.8, 4) is 0 Å². The summed E-state index contributed by atoms with van der Waals surface area (Å²) in [6, 6.07) is 2.98. The third kappa shape index (κ3) is 4.83. The van der Waals surface area contributed by atoms with Crippen LogP contribution in [0, 0.1) is 11.6 Å². The molecule has 1 aromatic carbocycles. The molecule has 0 amide bonds. The lowest BCUT2D eigenvalue weighted by molar-refractivity contribution is 0.101. The maximum absolute atomic E-state index is 13.2. The Morgan fingerprint density at radius 1 is 1.41 bits per heavy atom. The number of Topliss-reactive ketones (excluding diaryl/α,β-unsaturated/α-hetero) is 1. The van der Waals surface area contributed by atoms with Gasteiger partial charge in [-0.2, -0.15) is 11.8 Å². The maximum Gasteiger partial charge on any atom is 0.175 e. The molecule has 0 saturated carbocycles. The third-order valence-electron chi connectivity index (χ3n) is 2.04. The predicted octanol–water partition coefficient (Wildman–Crippen LogP) is 2.92. The van der Waals surface area contributed by atoms with Crippen LogP contribution in [0.4, 0.5) is 8.78 Å². The number of benzene rings is 1. The van der Waals surface area contributed by atoms with E-state index in [0.717, 1.165) is 12.1 Å². The maximum atomic E-state index is 13.2. The summed E-state index contributed by atoms with van der Waals surface area (Å²) in [5, 5.41) is 0. The van der Waals surface area contributed by atoms with Gasteiger partial charge >= 0.3 is 0 Å². The highest BCUT2D eigenvalue weighted by Crippen LogP contribution is 2.13. The summed E-state index contributed by atoms with van der Waals surface area (Å²) in [6.07, 6.45) is 0. The Morgan fingerprint density at radius 3 is 2.82 bits per heavy atom. The molecule has 0 aromatic heterocycles. The minimum Gasteiger partial charge on any atom is -0.381 e. The van der Waals surface area contributed by atoms with Gasteiger partial charge in [0, 0.05) is 18.4 Å². The lowest BCUT2D eigenvalue weighted by Gasteiger charge is -2.03. The summed E-state index contributed by atoms with van der Waals surface area (Å²) in [6.45, 7) is 3.10. The quantitative estimate of drug-likeness (QED) is 0.557. The third-order valence-corrected chi connectivity index (χ3v) is 2.96. The van der Waals surface area contributed by atoms with Crippen LogP contribution in [0.2, 0.25) is 0 Å². The fourth-order valence-electron chi connectivity index (χ4n) is 1.22. The van der Waals surface area contributed by atoms with Crippen molar-refractivity contribution in [2.45, 2.75) is 6.92 Å². The smallest absolute Gasteiger partial charge is 0.175 e. The highest BCUT2D eigenvalue weighted by molar-refractivity contribution is 8.00. The number of ether oxygens (including phenoxy) is 1. The van der Waals surface area contributed by atoms with Gasteiger partial charge in [-0.1, -0.05) is 0 Å². The summed E-state index contributed by atoms with van der Waals surface area (Å²) < 4.78 is 31.0. The summed E-state index contributed by atoms with van der Waals surface area (Å²) in [5.41, 5.74) is -0.0599. The molecule has 0 radical (unpaired) electrons. The molecule has 0 unspecified atom stereocenters. The molecule has 17 heavy (non-hydrogen) atoms. The molecule has 0 aliphatic heterocycles. The van der Waals surface area contributed by atoms with Gasteiger partial charge in [-0.05, 0) is 19.1 Å². The van der Waals surface area contributed by atoms with E-state index >= 15 is 0 Å². The van der Waals surface area contributed by atoms with Crippen molar-refractivity contribution in [3.05, 3.63) is 35.4 Å². The van der Waals surface area contributed by atoms with E-state index in [1.54, 1.807) is 0 Å². The average molecular weight is 260 g/mol. The monoisotopic (exact) mass is 260 g/mol. The van der Waals surface area contributed by atoms with Crippen molar-refractivity contribution >= 4 is 17.5 Å². The molecule has 0 atom stereocenters. The van der Waals surface area contributed by atoms with Crippen LogP contribution in [-0.4, -0.2) is 30.5 Å². The number of hydrogen-bond donors (Lipinski definition) is 0. The fraction of sp³-hybridized carbons (Fsp3) is 0.417. The van der Waals surface area contributed by atoms with Gasteiger partial charge in [-0.3, -0.25) is 4.79 Å². The molecule has 0 N–H and O–H groups in total. The van der Waals surface area contributed by atoms with Crippen LogP contribution in [0.3, 0.4) is 0 Å². The molecule has 0 aliphatic carbocycles. The van der Waals surface area contributed by atoms with E-state index in [2.05, 4.69) is 0 Å². The van der Waals surface area contributed by atoms with Gasteiger partial charge < -0.3 is 4.74 Å². The number of rotatable bonds is 7. The standard InChI is InChI=1S/C12H14F2O2S/c1-2-16-5-6-17-8-12(15)10-4-3-9(13)7-11(10)14/h3-4,7H,2,5-6,8H2,1H3. The zero-order chi connectivity index (χ0) is 12.7. The zero-order valence-corrected chi connectivity index (χ0v) is 10.4. The summed E-state index contributed by atoms with van der Waals surface area (Å²) in [5.74, 6) is -0.953. The number of thioether (sulfide) groups is 1. The Balaban J connectivity index is 2.42. The lowest BCUT2D eigenvalue weighted by atomic mass is 10.1. The Morgan fingerprint density at radius 2 is 2.18 bits per heavy atom. The topological polar surface area (TPSA) is 26.3 Å². The molecular formula is C12H14F2O2S. The van der Waals surface area contributed by atoms with E-state index in [-0.39, 0.29) is 17.1 Å². The second kappa shape index (κ2) is 7.40. The van der Waals surface area contributed by atoms with Crippen LogP contribution < -0.4 is 0 Å². The van der Waals surface area contributed by atoms with Gasteiger partial charge in [0.2, 0.25) is 0 Å². The van der Waals surface area contributed by atoms with Crippen molar-refractivity contribution in [2.24, 2.45) is 0 Å². The molecule has 0 fully saturated rings. The highest BCUT2D eigenvalue weighted by atomic mass is 32.2. The molecule has 0 aliphatic rings. The van der Waals surface area contributed by atoms with Crippen molar-refractivity contribution < 1.29 is 18.3 Å². The van der Waals surface area contributed by atoms with Gasteiger partial charge in [0.1, 0.15) is 11.6 Å². The number of halogens is 2. The number of carbonyl (C=O) groups is 1. The number of carbonyl (C=O) groups excluding carboxylic acids is 1. The van der Waals surface area contributed by atoms with Crippen LogP contribution in [0.1, 0.15) is 17.3 Å². The Labute approximate surface area is 103 Å². The molecular weight excluding hydrogens is 246 g/mol. The average Bonchev–Trinajstić information content (AvgIpc) is 2.28. The van der Waals surface area contributed by atoms with E-state index < -0.39 is 11.6 Å². The molecule has 2 nitrogen and oxygen atoms in total. The van der Waals surface area contributed by atoms with Crippen LogP contribution >= 0.6 is 11.8 Å². The van der Waals surface area contributed by atoms with E-state index in [0.29, 0.717) is 19.0 Å². The molecule has 0 spiro atoms.